The van der Waals surface area contributed by atoms with Crippen molar-refractivity contribution in [3.8, 4) is 5.75 Å². The van der Waals surface area contributed by atoms with Crippen molar-refractivity contribution in [2.24, 2.45) is 10.6 Å². The quantitative estimate of drug-likeness (QED) is 0.336. The van der Waals surface area contributed by atoms with Crippen LogP contribution in [0.1, 0.15) is 66.7 Å². The van der Waals surface area contributed by atoms with Crippen molar-refractivity contribution in [1.82, 2.24) is 0 Å². The summed E-state index contributed by atoms with van der Waals surface area (Å²) in [6.45, 7) is 6.50. The molecule has 1 heterocycles. The predicted molar refractivity (Wildman–Crippen MR) is 125 cm³/mol. The lowest BCUT2D eigenvalue weighted by molar-refractivity contribution is 0.319. The first-order valence-electron chi connectivity index (χ1n) is 10.7. The first kappa shape index (κ1) is 19.5. The van der Waals surface area contributed by atoms with E-state index in [4.69, 9.17) is 4.74 Å². The van der Waals surface area contributed by atoms with E-state index in [9.17, 15) is 5.21 Å². The molecule has 0 spiro atoms. The smallest absolute Gasteiger partial charge is 0.119 e. The number of rotatable bonds is 4. The lowest BCUT2D eigenvalue weighted by Gasteiger charge is -2.43. The van der Waals surface area contributed by atoms with Crippen LogP contribution in [0.5, 0.6) is 5.75 Å². The molecule has 0 saturated carbocycles. The van der Waals surface area contributed by atoms with Crippen LogP contribution in [0.4, 0.5) is 0 Å². The normalized spacial score (nSPS) is 21.0. The first-order chi connectivity index (χ1) is 14.6. The fraction of sp³-hybridized carbons (Fsp3) is 0.346. The number of benzene rings is 2. The largest absolute Gasteiger partial charge is 0.497 e. The van der Waals surface area contributed by atoms with E-state index in [1.54, 1.807) is 7.11 Å². The van der Waals surface area contributed by atoms with Gasteiger partial charge in [0.05, 0.1) is 18.1 Å². The minimum atomic E-state index is 0.0438. The fourth-order valence-corrected chi connectivity index (χ4v) is 7.26. The Morgan fingerprint density at radius 2 is 2.00 bits per heavy atom. The highest BCUT2D eigenvalue weighted by Crippen LogP contribution is 2.67. The van der Waals surface area contributed by atoms with E-state index in [1.165, 1.54) is 38.3 Å². The zero-order valence-electron chi connectivity index (χ0n) is 18.0. The van der Waals surface area contributed by atoms with Gasteiger partial charge >= 0.3 is 0 Å². The molecule has 1 N–H and O–H groups in total. The molecule has 0 fully saturated rings. The van der Waals surface area contributed by atoms with Gasteiger partial charge in [0.2, 0.25) is 0 Å². The van der Waals surface area contributed by atoms with Crippen molar-refractivity contribution in [2.75, 3.05) is 7.11 Å². The molecule has 2 aromatic rings. The molecule has 0 saturated heterocycles. The molecule has 30 heavy (non-hydrogen) atoms. The van der Waals surface area contributed by atoms with Crippen LogP contribution >= 0.6 is 11.8 Å². The fourth-order valence-electron chi connectivity index (χ4n) is 5.55. The molecule has 0 radical (unpaired) electrons. The molecule has 2 aliphatic carbocycles. The Kier molecular flexibility index (Phi) is 4.59. The summed E-state index contributed by atoms with van der Waals surface area (Å²) in [6.07, 6.45) is 5.60. The minimum absolute atomic E-state index is 0.0438. The summed E-state index contributed by atoms with van der Waals surface area (Å²) >= 11 is 2.03. The maximum atomic E-state index is 9.20. The van der Waals surface area contributed by atoms with Crippen molar-refractivity contribution < 1.29 is 9.94 Å². The Balaban J connectivity index is 1.68. The van der Waals surface area contributed by atoms with E-state index in [0.29, 0.717) is 11.0 Å². The molecule has 1 atom stereocenters. The number of methoxy groups -OCH3 is 1. The van der Waals surface area contributed by atoms with E-state index in [1.807, 2.05) is 18.7 Å². The summed E-state index contributed by atoms with van der Waals surface area (Å²) < 4.78 is 5.56. The third-order valence-electron chi connectivity index (χ3n) is 7.25. The van der Waals surface area contributed by atoms with Gasteiger partial charge in [-0.3, -0.25) is 0 Å². The number of allylic oxidation sites excluding steroid dienone is 2. The summed E-state index contributed by atoms with van der Waals surface area (Å²) in [5.41, 5.74) is 10.2. The van der Waals surface area contributed by atoms with E-state index >= 15 is 0 Å². The average Bonchev–Trinajstić information content (AvgIpc) is 3.34. The van der Waals surface area contributed by atoms with Crippen LogP contribution in [0, 0.1) is 5.41 Å². The summed E-state index contributed by atoms with van der Waals surface area (Å²) in [6, 6.07) is 13.1. The Hall–Kier alpha value is -2.46. The van der Waals surface area contributed by atoms with Crippen LogP contribution in [0.15, 0.2) is 52.0 Å². The molecular formula is C26H27NO2S. The molecule has 3 aliphatic rings. The van der Waals surface area contributed by atoms with E-state index < -0.39 is 0 Å². The molecule has 4 heteroatoms. The second-order valence-corrected chi connectivity index (χ2v) is 9.61. The Labute approximate surface area is 182 Å². The Bertz CT molecular complexity index is 1140. The molecule has 5 rings (SSSR count). The molecular weight excluding hydrogens is 390 g/mol. The van der Waals surface area contributed by atoms with Crippen molar-refractivity contribution in [3.63, 3.8) is 0 Å². The van der Waals surface area contributed by atoms with Crippen molar-refractivity contribution in [1.29, 1.82) is 0 Å². The van der Waals surface area contributed by atoms with Gasteiger partial charge in [0.25, 0.3) is 0 Å². The Morgan fingerprint density at radius 3 is 2.70 bits per heavy atom. The molecule has 1 unspecified atom stereocenters. The SMILES string of the molecule is CCC1(CC)C2=Cc3cc(C(C)=NO)ccc3C2SC2=C1c1cc(OC)ccc1C2. The third kappa shape index (κ3) is 2.56. The highest BCUT2D eigenvalue weighted by molar-refractivity contribution is 8.03. The van der Waals surface area contributed by atoms with Gasteiger partial charge in [0, 0.05) is 11.8 Å². The number of hydrogen-bond acceptors (Lipinski definition) is 4. The first-order valence-corrected chi connectivity index (χ1v) is 11.6. The van der Waals surface area contributed by atoms with Gasteiger partial charge in [-0.2, -0.15) is 0 Å². The summed E-state index contributed by atoms with van der Waals surface area (Å²) in [5.74, 6) is 0.933. The van der Waals surface area contributed by atoms with Crippen LogP contribution in [-0.4, -0.2) is 18.0 Å². The maximum absolute atomic E-state index is 9.20. The zero-order chi connectivity index (χ0) is 21.0. The van der Waals surface area contributed by atoms with Crippen molar-refractivity contribution in [3.05, 3.63) is 74.7 Å². The van der Waals surface area contributed by atoms with Crippen LogP contribution in [0.2, 0.25) is 0 Å². The number of fused-ring (bicyclic) bond motifs is 5. The van der Waals surface area contributed by atoms with Gasteiger partial charge in [-0.15, -0.1) is 11.8 Å². The van der Waals surface area contributed by atoms with Gasteiger partial charge in [-0.1, -0.05) is 43.3 Å². The van der Waals surface area contributed by atoms with E-state index in [2.05, 4.69) is 61.5 Å². The van der Waals surface area contributed by atoms with Crippen molar-refractivity contribution >= 4 is 29.1 Å². The number of nitrogens with zero attached hydrogens (tertiary/aromatic N) is 1. The maximum Gasteiger partial charge on any atom is 0.119 e. The standard InChI is InChI=1S/C26H27NO2S/c1-5-26(6-2)22-12-18-11-16(15(3)27-28)8-10-20(18)25(22)30-23-13-17-7-9-19(29-4)14-21(17)24(23)26/h7-12,14,25,28H,5-6,13H2,1-4H3. The van der Waals surface area contributed by atoms with Crippen LogP contribution in [-0.2, 0) is 6.42 Å². The third-order valence-corrected chi connectivity index (χ3v) is 8.62. The van der Waals surface area contributed by atoms with Gasteiger partial charge in [-0.25, -0.2) is 0 Å². The average molecular weight is 418 g/mol. The molecule has 3 nitrogen and oxygen atoms in total. The van der Waals surface area contributed by atoms with Crippen LogP contribution in [0.3, 0.4) is 0 Å². The van der Waals surface area contributed by atoms with Crippen LogP contribution < -0.4 is 4.74 Å². The van der Waals surface area contributed by atoms with Gasteiger partial charge in [-0.05, 0) is 81.8 Å². The molecule has 2 aromatic carbocycles. The second-order valence-electron chi connectivity index (χ2n) is 8.41. The summed E-state index contributed by atoms with van der Waals surface area (Å²) in [4.78, 5) is 1.52. The number of hydrogen-bond donors (Lipinski definition) is 1. The second kappa shape index (κ2) is 7.05. The predicted octanol–water partition coefficient (Wildman–Crippen LogP) is 6.85. The van der Waals surface area contributed by atoms with E-state index in [-0.39, 0.29) is 5.41 Å². The molecule has 0 amide bonds. The van der Waals surface area contributed by atoms with E-state index in [0.717, 1.165) is 30.6 Å². The Morgan fingerprint density at radius 1 is 1.20 bits per heavy atom. The van der Waals surface area contributed by atoms with Crippen LogP contribution in [0.25, 0.3) is 11.6 Å². The number of thioether (sulfide) groups is 1. The minimum Gasteiger partial charge on any atom is -0.497 e. The van der Waals surface area contributed by atoms with Gasteiger partial charge < -0.3 is 9.94 Å². The lowest BCUT2D eigenvalue weighted by atomic mass is 9.67. The summed E-state index contributed by atoms with van der Waals surface area (Å²) in [5, 5.41) is 13.0. The highest BCUT2D eigenvalue weighted by atomic mass is 32.2. The topological polar surface area (TPSA) is 41.8 Å². The molecule has 0 aromatic heterocycles. The summed E-state index contributed by atoms with van der Waals surface area (Å²) in [7, 11) is 1.75. The zero-order valence-corrected chi connectivity index (χ0v) is 18.8. The monoisotopic (exact) mass is 417 g/mol. The highest BCUT2D eigenvalue weighted by Gasteiger charge is 2.49. The van der Waals surface area contributed by atoms with Crippen molar-refractivity contribution in [2.45, 2.75) is 45.3 Å². The molecule has 154 valence electrons. The van der Waals surface area contributed by atoms with Gasteiger partial charge in [0.15, 0.2) is 0 Å². The lowest BCUT2D eigenvalue weighted by Crippen LogP contribution is -2.28. The number of ether oxygens (including phenoxy) is 1. The van der Waals surface area contributed by atoms with Gasteiger partial charge in [0.1, 0.15) is 5.75 Å². The molecule has 1 aliphatic heterocycles. The number of oxime groups is 1. The molecule has 0 bridgehead atoms.